The maximum Gasteiger partial charge on any atom is 0.338 e. The molecule has 4 bridgehead atoms. The molecular formula is C39H38N4O3. The second-order valence-corrected chi connectivity index (χ2v) is 14.3. The van der Waals surface area contributed by atoms with Gasteiger partial charge in [-0.2, -0.15) is 5.26 Å². The highest BCUT2D eigenvalue weighted by atomic mass is 16.5. The predicted molar refractivity (Wildman–Crippen MR) is 181 cm³/mol. The lowest BCUT2D eigenvalue weighted by Crippen LogP contribution is -2.72. The van der Waals surface area contributed by atoms with Gasteiger partial charge in [0, 0.05) is 42.5 Å². The van der Waals surface area contributed by atoms with E-state index < -0.39 is 11.7 Å². The number of carbonyl (C=O) groups excluding carboxylic acids is 1. The van der Waals surface area contributed by atoms with Crippen LogP contribution in [0.5, 0.6) is 5.75 Å². The lowest BCUT2D eigenvalue weighted by molar-refractivity contribution is -0.121. The average Bonchev–Trinajstić information content (AvgIpc) is 3.30. The fourth-order valence-electron chi connectivity index (χ4n) is 10.8. The molecule has 7 nitrogen and oxygen atoms in total. The summed E-state index contributed by atoms with van der Waals surface area (Å²) in [6, 6.07) is 23.7. The molecule has 4 fully saturated rings. The van der Waals surface area contributed by atoms with Crippen LogP contribution in [0, 0.1) is 35.0 Å². The van der Waals surface area contributed by atoms with Gasteiger partial charge in [0.05, 0.1) is 42.5 Å². The number of anilines is 2. The Bertz CT molecular complexity index is 2000. The van der Waals surface area contributed by atoms with Crippen molar-refractivity contribution in [2.45, 2.75) is 49.7 Å². The van der Waals surface area contributed by atoms with E-state index in [-0.39, 0.29) is 5.41 Å². The Morgan fingerprint density at radius 2 is 1.76 bits per heavy atom. The van der Waals surface area contributed by atoms with Gasteiger partial charge in [-0.05, 0) is 78.9 Å². The number of nitriles is 1. The highest BCUT2D eigenvalue weighted by molar-refractivity contribution is 6.14. The molecule has 0 radical (unpaired) electrons. The molecule has 1 unspecified atom stereocenters. The molecule has 0 N–H and O–H groups in total. The van der Waals surface area contributed by atoms with Crippen molar-refractivity contribution < 1.29 is 14.3 Å². The number of rotatable bonds is 4. The molecule has 0 amide bonds. The largest absolute Gasteiger partial charge is 0.465 e. The molecule has 0 saturated heterocycles. The average molecular weight is 611 g/mol. The molecule has 2 spiro atoms. The van der Waals surface area contributed by atoms with Crippen LogP contribution in [-0.2, 0) is 10.2 Å². The minimum Gasteiger partial charge on any atom is -0.465 e. The molecule has 2 aliphatic heterocycles. The fraction of sp³-hybridized carbons (Fsp3) is 0.410. The van der Waals surface area contributed by atoms with E-state index in [9.17, 15) is 10.1 Å². The fourth-order valence-corrected chi connectivity index (χ4v) is 10.8. The molecule has 7 heteroatoms. The van der Waals surface area contributed by atoms with Crippen molar-refractivity contribution >= 4 is 50.8 Å². The van der Waals surface area contributed by atoms with Crippen molar-refractivity contribution in [2.75, 3.05) is 37.5 Å². The van der Waals surface area contributed by atoms with Crippen LogP contribution < -0.4 is 14.5 Å². The van der Waals surface area contributed by atoms with E-state index in [0.29, 0.717) is 41.8 Å². The number of carbonyl (C=O) groups is 1. The molecule has 4 aromatic carbocycles. The Kier molecular flexibility index (Phi) is 5.85. The predicted octanol–water partition coefficient (Wildman–Crippen LogP) is 7.76. The number of methoxy groups -OCH3 is 1. The van der Waals surface area contributed by atoms with Gasteiger partial charge in [0.1, 0.15) is 5.69 Å². The summed E-state index contributed by atoms with van der Waals surface area (Å²) in [5.74, 6) is 2.72. The third-order valence-corrected chi connectivity index (χ3v) is 12.1. The van der Waals surface area contributed by atoms with E-state index in [2.05, 4.69) is 53.6 Å². The van der Waals surface area contributed by atoms with Gasteiger partial charge in [0.25, 0.3) is 0 Å². The van der Waals surface area contributed by atoms with E-state index in [1.54, 1.807) is 0 Å². The van der Waals surface area contributed by atoms with Gasteiger partial charge >= 0.3 is 5.97 Å². The first-order valence-corrected chi connectivity index (χ1v) is 16.7. The highest BCUT2D eigenvalue weighted by Crippen LogP contribution is 2.72. The summed E-state index contributed by atoms with van der Waals surface area (Å²) in [4.78, 5) is 22.9. The summed E-state index contributed by atoms with van der Waals surface area (Å²) < 4.78 is 13.0. The second kappa shape index (κ2) is 9.72. The van der Waals surface area contributed by atoms with Crippen molar-refractivity contribution in [3.63, 3.8) is 0 Å². The van der Waals surface area contributed by atoms with Crippen LogP contribution in [0.1, 0.15) is 54.4 Å². The molecule has 1 atom stereocenters. The first kappa shape index (κ1) is 27.7. The Morgan fingerprint density at radius 3 is 2.48 bits per heavy atom. The number of hydrogen-bond acceptors (Lipinski definition) is 7. The lowest BCUT2D eigenvalue weighted by Gasteiger charge is -2.65. The normalized spacial score (nSPS) is 29.7. The zero-order valence-electron chi connectivity index (χ0n) is 26.6. The van der Waals surface area contributed by atoms with Gasteiger partial charge in [0.2, 0.25) is 5.72 Å². The summed E-state index contributed by atoms with van der Waals surface area (Å²) in [7, 11) is 5.40. The van der Waals surface area contributed by atoms with Crippen LogP contribution in [0.15, 0.2) is 65.7 Å². The number of hydrogen-bond donors (Lipinski definition) is 0. The molecule has 10 rings (SSSR count). The first-order valence-electron chi connectivity index (χ1n) is 16.7. The second-order valence-electron chi connectivity index (χ2n) is 14.3. The molecule has 4 aromatic rings. The zero-order chi connectivity index (χ0) is 31.4. The molecular weight excluding hydrogens is 572 g/mol. The van der Waals surface area contributed by atoms with Crippen molar-refractivity contribution in [1.29, 1.82) is 5.26 Å². The van der Waals surface area contributed by atoms with Gasteiger partial charge in [-0.15, -0.1) is 0 Å². The molecule has 4 aliphatic carbocycles. The third-order valence-electron chi connectivity index (χ3n) is 12.1. The van der Waals surface area contributed by atoms with Crippen LogP contribution in [0.2, 0.25) is 0 Å². The minimum atomic E-state index is -0.917. The van der Waals surface area contributed by atoms with Crippen molar-refractivity contribution in [2.24, 2.45) is 28.7 Å². The highest BCUT2D eigenvalue weighted by Gasteiger charge is 2.74. The Morgan fingerprint density at radius 1 is 1.02 bits per heavy atom. The lowest BCUT2D eigenvalue weighted by atomic mass is 9.41. The number of esters is 1. The van der Waals surface area contributed by atoms with Crippen molar-refractivity contribution in [1.82, 2.24) is 0 Å². The van der Waals surface area contributed by atoms with Crippen LogP contribution in [0.25, 0.3) is 21.5 Å². The maximum atomic E-state index is 13.2. The Labute approximate surface area is 269 Å². The Balaban J connectivity index is 1.36. The maximum absolute atomic E-state index is 13.2. The first-order chi connectivity index (χ1) is 22.4. The van der Waals surface area contributed by atoms with E-state index in [0.717, 1.165) is 28.3 Å². The summed E-state index contributed by atoms with van der Waals surface area (Å²) in [5, 5.41) is 14.0. The van der Waals surface area contributed by atoms with E-state index >= 15 is 0 Å². The smallest absolute Gasteiger partial charge is 0.338 e. The van der Waals surface area contributed by atoms with E-state index in [4.69, 9.17) is 14.5 Å². The van der Waals surface area contributed by atoms with Gasteiger partial charge in [-0.25, -0.2) is 4.79 Å². The van der Waals surface area contributed by atoms with E-state index in [1.165, 1.54) is 61.2 Å². The molecule has 46 heavy (non-hydrogen) atoms. The monoisotopic (exact) mass is 610 g/mol. The number of nitrogens with zero attached hydrogens (tertiary/aromatic N) is 4. The summed E-state index contributed by atoms with van der Waals surface area (Å²) in [6.07, 6.45) is 8.58. The minimum absolute atomic E-state index is 0.317. The standard InChI is InChI=1S/C39H38N4O3/c1-42(2)33-11-6-10-29-34(33)30(37(44)45-3)21-32-36(29)46-38(22-41-32)39(26-17-23-16-24(19-26)20-27(39)18-23)31-13-12-25-8-4-5-9-28(25)35(31)43(38)15-7-14-40/h4-6,8-13,21-24,26-27H,7,15-20H2,1-3H3. The SMILES string of the molecule is COC(=O)c1cc2c(c3cccc(N(C)C)c13)OC1(C=N2)N(CCC#N)c2c(ccc3ccccc23)C12C1CC3CC(C1)CC2C3. The van der Waals surface area contributed by atoms with Crippen molar-refractivity contribution in [3.05, 3.63) is 71.8 Å². The topological polar surface area (TPSA) is 78.2 Å². The molecule has 232 valence electrons. The van der Waals surface area contributed by atoms with Gasteiger partial charge in [-0.3, -0.25) is 4.99 Å². The van der Waals surface area contributed by atoms with Gasteiger partial charge in [-0.1, -0.05) is 48.5 Å². The Hall–Kier alpha value is -4.57. The molecule has 2 heterocycles. The van der Waals surface area contributed by atoms with E-state index in [1.807, 2.05) is 43.3 Å². The van der Waals surface area contributed by atoms with Crippen molar-refractivity contribution in [3.8, 4) is 11.8 Å². The molecule has 0 aromatic heterocycles. The number of ether oxygens (including phenoxy) is 2. The van der Waals surface area contributed by atoms with Gasteiger partial charge < -0.3 is 19.3 Å². The van der Waals surface area contributed by atoms with Crippen LogP contribution in [0.3, 0.4) is 0 Å². The molecule has 4 saturated carbocycles. The third kappa shape index (κ3) is 3.37. The van der Waals surface area contributed by atoms with Gasteiger partial charge in [0.15, 0.2) is 5.75 Å². The number of aliphatic imine (C=N–C) groups is 1. The number of benzene rings is 4. The quantitative estimate of drug-likeness (QED) is 0.220. The van der Waals surface area contributed by atoms with Crippen LogP contribution >= 0.6 is 0 Å². The van der Waals surface area contributed by atoms with Crippen LogP contribution in [0.4, 0.5) is 17.1 Å². The van der Waals surface area contributed by atoms with Crippen LogP contribution in [-0.4, -0.2) is 45.7 Å². The summed E-state index contributed by atoms with van der Waals surface area (Å²) in [5.41, 5.74) is 3.35. The summed E-state index contributed by atoms with van der Waals surface area (Å²) in [6.45, 7) is 0.536. The molecule has 6 aliphatic rings. The zero-order valence-corrected chi connectivity index (χ0v) is 26.6. The number of fused-ring (bicyclic) bond motifs is 6. The summed E-state index contributed by atoms with van der Waals surface area (Å²) >= 11 is 0.